The molecule has 23 heavy (non-hydrogen) atoms. The number of benzene rings is 2. The van der Waals surface area contributed by atoms with Gasteiger partial charge in [0.05, 0.1) is 0 Å². The topological polar surface area (TPSA) is 9.23 Å². The van der Waals surface area contributed by atoms with Gasteiger partial charge in [-0.15, -0.1) is 0 Å². The van der Waals surface area contributed by atoms with E-state index in [2.05, 4.69) is 79.8 Å². The van der Waals surface area contributed by atoms with Gasteiger partial charge in [-0.1, -0.05) is 72.8 Å². The van der Waals surface area contributed by atoms with Crippen molar-refractivity contribution in [1.82, 2.24) is 0 Å². The number of allylic oxidation sites excluding steroid dienone is 2. The molecule has 2 aromatic rings. The molecule has 2 unspecified atom stereocenters. The van der Waals surface area contributed by atoms with Crippen molar-refractivity contribution in [2.45, 2.75) is 18.0 Å². The van der Waals surface area contributed by atoms with Crippen molar-refractivity contribution in [2.75, 3.05) is 6.61 Å². The third-order valence-electron chi connectivity index (χ3n) is 4.52. The van der Waals surface area contributed by atoms with Crippen LogP contribution in [0.25, 0.3) is 12.2 Å². The second-order valence-electron chi connectivity index (χ2n) is 5.77. The first-order chi connectivity index (χ1) is 10.9. The van der Waals surface area contributed by atoms with E-state index in [9.17, 15) is 0 Å². The summed E-state index contributed by atoms with van der Waals surface area (Å²) < 4.78 is 6.32. The second-order valence-corrected chi connectivity index (χ2v) is 8.10. The minimum absolute atomic E-state index is 0. The van der Waals surface area contributed by atoms with E-state index in [-0.39, 0.29) is 18.9 Å². The first kappa shape index (κ1) is 16.5. The molecule has 0 saturated carbocycles. The predicted molar refractivity (Wildman–Crippen MR) is 93.8 cm³/mol. The minimum atomic E-state index is -1.05. The summed E-state index contributed by atoms with van der Waals surface area (Å²) in [6.07, 6.45) is 9.22. The van der Waals surface area contributed by atoms with E-state index in [1.165, 1.54) is 22.3 Å². The third-order valence-corrected chi connectivity index (χ3v) is 7.38. The molecule has 2 aromatic carbocycles. The monoisotopic (exact) mass is 310 g/mol. The molecule has 0 saturated heterocycles. The Morgan fingerprint density at radius 3 is 1.78 bits per heavy atom. The summed E-state index contributed by atoms with van der Waals surface area (Å²) in [4.78, 5) is 0. The van der Waals surface area contributed by atoms with Crippen molar-refractivity contribution in [1.29, 1.82) is 0 Å². The Balaban J connectivity index is 0.00000156. The smallest absolute Gasteiger partial charge is 0.415 e. The fourth-order valence-corrected chi connectivity index (χ4v) is 6.32. The van der Waals surface area contributed by atoms with Crippen LogP contribution >= 0.6 is 0 Å². The molecule has 0 fully saturated rings. The van der Waals surface area contributed by atoms with Gasteiger partial charge in [0, 0.05) is 17.7 Å². The SMILES string of the molecule is CCO[Si](C1C=Cc2ccccc21)C1C=Cc2ccccc21.[Li+]. The van der Waals surface area contributed by atoms with Crippen molar-refractivity contribution in [3.63, 3.8) is 0 Å². The van der Waals surface area contributed by atoms with Crippen LogP contribution in [0.4, 0.5) is 0 Å². The molecule has 0 spiro atoms. The number of hydrogen-bond acceptors (Lipinski definition) is 1. The average molecular weight is 310 g/mol. The van der Waals surface area contributed by atoms with Gasteiger partial charge in [-0.25, -0.2) is 0 Å². The largest absolute Gasteiger partial charge is 1.00 e. The van der Waals surface area contributed by atoms with Gasteiger partial charge in [-0.05, 0) is 29.2 Å². The van der Waals surface area contributed by atoms with Gasteiger partial charge in [0.25, 0.3) is 0 Å². The van der Waals surface area contributed by atoms with Crippen molar-refractivity contribution < 1.29 is 23.3 Å². The quantitative estimate of drug-likeness (QED) is 0.782. The molecule has 2 aliphatic rings. The Kier molecular flexibility index (Phi) is 5.09. The fourth-order valence-electron chi connectivity index (χ4n) is 3.53. The Morgan fingerprint density at radius 2 is 1.30 bits per heavy atom. The molecular formula is C20H19LiOSi+. The molecule has 1 nitrogen and oxygen atoms in total. The van der Waals surface area contributed by atoms with Crippen LogP contribution in [0.2, 0.25) is 0 Å². The van der Waals surface area contributed by atoms with Crippen LogP contribution in [-0.4, -0.2) is 15.6 Å². The van der Waals surface area contributed by atoms with Gasteiger partial charge >= 0.3 is 18.9 Å². The summed E-state index contributed by atoms with van der Waals surface area (Å²) in [5.41, 5.74) is 6.43. The predicted octanol–water partition coefficient (Wildman–Crippen LogP) is 1.72. The average Bonchev–Trinajstić information content (AvgIpc) is 3.17. The number of fused-ring (bicyclic) bond motifs is 2. The maximum Gasteiger partial charge on any atom is 1.00 e. The maximum atomic E-state index is 6.32. The maximum absolute atomic E-state index is 6.32. The Bertz CT molecular complexity index is 691. The molecule has 2 atom stereocenters. The molecule has 2 aliphatic carbocycles. The molecular weight excluding hydrogens is 291 g/mol. The van der Waals surface area contributed by atoms with Crippen molar-refractivity contribution in [2.24, 2.45) is 0 Å². The molecule has 0 aromatic heterocycles. The summed E-state index contributed by atoms with van der Waals surface area (Å²) in [7, 11) is -1.05. The van der Waals surface area contributed by atoms with Gasteiger partial charge in [-0.3, -0.25) is 0 Å². The fraction of sp³-hybridized carbons (Fsp3) is 0.200. The van der Waals surface area contributed by atoms with E-state index >= 15 is 0 Å². The van der Waals surface area contributed by atoms with Crippen LogP contribution < -0.4 is 18.9 Å². The standard InChI is InChI=1S/C20H19OSi.Li/c1-2-21-22(19-13-11-15-7-3-5-9-17(15)19)20-14-12-16-8-4-6-10-18(16)20;/h3-14,19-20H,2H2,1H3;/q;+1. The summed E-state index contributed by atoms with van der Waals surface area (Å²) >= 11 is 0. The Morgan fingerprint density at radius 1 is 0.826 bits per heavy atom. The normalized spacial score (nSPS) is 20.4. The van der Waals surface area contributed by atoms with E-state index in [4.69, 9.17) is 4.43 Å². The van der Waals surface area contributed by atoms with E-state index in [1.54, 1.807) is 0 Å². The van der Waals surface area contributed by atoms with E-state index < -0.39 is 9.04 Å². The molecule has 1 radical (unpaired) electrons. The first-order valence-corrected chi connectivity index (χ1v) is 9.48. The number of rotatable bonds is 4. The molecule has 4 rings (SSSR count). The van der Waals surface area contributed by atoms with Crippen LogP contribution in [0.3, 0.4) is 0 Å². The molecule has 0 bridgehead atoms. The molecule has 3 heteroatoms. The van der Waals surface area contributed by atoms with E-state index in [1.807, 2.05) is 0 Å². The van der Waals surface area contributed by atoms with E-state index in [0.29, 0.717) is 11.1 Å². The zero-order valence-electron chi connectivity index (χ0n) is 13.7. The molecule has 0 N–H and O–H groups in total. The van der Waals surface area contributed by atoms with Crippen LogP contribution in [0.1, 0.15) is 40.3 Å². The zero-order chi connectivity index (χ0) is 14.9. The van der Waals surface area contributed by atoms with Crippen LogP contribution in [-0.2, 0) is 4.43 Å². The van der Waals surface area contributed by atoms with Crippen molar-refractivity contribution in [3.05, 3.63) is 82.9 Å². The number of hydrogen-bond donors (Lipinski definition) is 0. The minimum Gasteiger partial charge on any atom is -0.415 e. The zero-order valence-corrected chi connectivity index (χ0v) is 14.7. The summed E-state index contributed by atoms with van der Waals surface area (Å²) in [6, 6.07) is 17.4. The summed E-state index contributed by atoms with van der Waals surface area (Å²) in [5, 5.41) is 0. The summed E-state index contributed by atoms with van der Waals surface area (Å²) in [6.45, 7) is 2.90. The van der Waals surface area contributed by atoms with Gasteiger partial charge in [0.2, 0.25) is 9.04 Å². The van der Waals surface area contributed by atoms with Crippen molar-refractivity contribution in [3.8, 4) is 0 Å². The molecule has 109 valence electrons. The van der Waals surface area contributed by atoms with E-state index in [0.717, 1.165) is 6.61 Å². The van der Waals surface area contributed by atoms with Crippen LogP contribution in [0.15, 0.2) is 60.7 Å². The van der Waals surface area contributed by atoms with Crippen LogP contribution in [0, 0.1) is 0 Å². The Hall–Kier alpha value is -1.31. The van der Waals surface area contributed by atoms with Gasteiger partial charge in [0.1, 0.15) is 0 Å². The van der Waals surface area contributed by atoms with Crippen LogP contribution in [0.5, 0.6) is 0 Å². The van der Waals surface area contributed by atoms with Gasteiger partial charge < -0.3 is 4.43 Å². The molecule has 0 amide bonds. The Labute approximate surface area is 152 Å². The molecule has 0 aliphatic heterocycles. The van der Waals surface area contributed by atoms with Crippen molar-refractivity contribution >= 4 is 21.2 Å². The summed E-state index contributed by atoms with van der Waals surface area (Å²) in [5.74, 6) is 0. The van der Waals surface area contributed by atoms with Gasteiger partial charge in [0.15, 0.2) is 0 Å². The second kappa shape index (κ2) is 7.07. The molecule has 0 heterocycles. The van der Waals surface area contributed by atoms with Gasteiger partial charge in [-0.2, -0.15) is 0 Å². The third kappa shape index (κ3) is 2.93. The first-order valence-electron chi connectivity index (χ1n) is 7.92.